The largest absolute Gasteiger partial charge is 0.455 e. The predicted molar refractivity (Wildman–Crippen MR) is 49.6 cm³/mol. The molecule has 0 aliphatic carbocycles. The molecule has 1 aromatic rings. The van der Waals surface area contributed by atoms with E-state index in [4.69, 9.17) is 21.1 Å². The van der Waals surface area contributed by atoms with E-state index in [2.05, 4.69) is 20.3 Å². The van der Waals surface area contributed by atoms with Gasteiger partial charge in [-0.05, 0) is 11.6 Å². The molecule has 1 aliphatic heterocycles. The van der Waals surface area contributed by atoms with E-state index in [1.54, 1.807) is 7.05 Å². The van der Waals surface area contributed by atoms with Crippen molar-refractivity contribution >= 4 is 17.5 Å². The minimum atomic E-state index is 0.0261. The molecular formula is C7H9ClN4O2. The van der Waals surface area contributed by atoms with Gasteiger partial charge < -0.3 is 14.8 Å². The molecule has 1 N–H and O–H groups in total. The Morgan fingerprint density at radius 1 is 1.43 bits per heavy atom. The van der Waals surface area contributed by atoms with E-state index in [9.17, 15) is 0 Å². The molecule has 0 bridgehead atoms. The number of aromatic nitrogens is 3. The van der Waals surface area contributed by atoms with Crippen LogP contribution in [0.3, 0.4) is 0 Å². The van der Waals surface area contributed by atoms with Gasteiger partial charge in [0.15, 0.2) is 0 Å². The summed E-state index contributed by atoms with van der Waals surface area (Å²) >= 11 is 5.66. The highest BCUT2D eigenvalue weighted by molar-refractivity contribution is 6.28. The molecule has 1 aliphatic rings. The number of halogens is 1. The van der Waals surface area contributed by atoms with Gasteiger partial charge in [-0.2, -0.15) is 15.0 Å². The second kappa shape index (κ2) is 3.93. The maximum Gasteiger partial charge on any atom is 0.323 e. The van der Waals surface area contributed by atoms with Crippen LogP contribution in [0.25, 0.3) is 0 Å². The highest BCUT2D eigenvalue weighted by atomic mass is 35.5. The minimum absolute atomic E-state index is 0.0261. The Kier molecular flexibility index (Phi) is 2.64. The Morgan fingerprint density at radius 3 is 2.79 bits per heavy atom. The molecule has 76 valence electrons. The fourth-order valence-corrected chi connectivity index (χ4v) is 1.08. The van der Waals surface area contributed by atoms with E-state index >= 15 is 0 Å². The van der Waals surface area contributed by atoms with Crippen molar-refractivity contribution in [3.63, 3.8) is 0 Å². The average Bonchev–Trinajstić information content (AvgIpc) is 2.10. The maximum absolute atomic E-state index is 5.66. The van der Waals surface area contributed by atoms with Crippen LogP contribution in [0, 0.1) is 0 Å². The van der Waals surface area contributed by atoms with Gasteiger partial charge in [-0.3, -0.25) is 0 Å². The van der Waals surface area contributed by atoms with Gasteiger partial charge in [0.25, 0.3) is 0 Å². The van der Waals surface area contributed by atoms with Gasteiger partial charge in [0.2, 0.25) is 11.2 Å². The van der Waals surface area contributed by atoms with Gasteiger partial charge in [0, 0.05) is 7.05 Å². The fourth-order valence-electron chi connectivity index (χ4n) is 0.928. The van der Waals surface area contributed by atoms with Crippen molar-refractivity contribution < 1.29 is 9.47 Å². The lowest BCUT2D eigenvalue weighted by atomic mass is 10.3. The molecule has 0 saturated carbocycles. The second-order valence-corrected chi connectivity index (χ2v) is 3.08. The van der Waals surface area contributed by atoms with E-state index in [-0.39, 0.29) is 17.4 Å². The lowest BCUT2D eigenvalue weighted by molar-refractivity contribution is -0.0831. The maximum atomic E-state index is 5.66. The topological polar surface area (TPSA) is 69.2 Å². The Morgan fingerprint density at radius 2 is 2.21 bits per heavy atom. The zero-order chi connectivity index (χ0) is 9.97. The molecule has 0 spiro atoms. The van der Waals surface area contributed by atoms with Gasteiger partial charge >= 0.3 is 6.01 Å². The SMILES string of the molecule is CNc1nc(Cl)nc(OC2COC2)n1. The van der Waals surface area contributed by atoms with E-state index in [0.29, 0.717) is 19.2 Å². The van der Waals surface area contributed by atoms with Crippen molar-refractivity contribution in [3.8, 4) is 6.01 Å². The average molecular weight is 217 g/mol. The number of rotatable bonds is 3. The number of nitrogens with one attached hydrogen (secondary N) is 1. The molecule has 0 amide bonds. The molecule has 2 heterocycles. The Balaban J connectivity index is 2.11. The van der Waals surface area contributed by atoms with Gasteiger partial charge in [-0.15, -0.1) is 0 Å². The summed E-state index contributed by atoms with van der Waals surface area (Å²) in [5.41, 5.74) is 0. The van der Waals surface area contributed by atoms with Crippen molar-refractivity contribution in [2.24, 2.45) is 0 Å². The Hall–Kier alpha value is -1.14. The van der Waals surface area contributed by atoms with Crippen LogP contribution in [-0.4, -0.2) is 41.3 Å². The third kappa shape index (κ3) is 2.02. The molecule has 1 saturated heterocycles. The summed E-state index contributed by atoms with van der Waals surface area (Å²) in [7, 11) is 1.70. The van der Waals surface area contributed by atoms with Crippen LogP contribution < -0.4 is 10.1 Å². The fraction of sp³-hybridized carbons (Fsp3) is 0.571. The van der Waals surface area contributed by atoms with Gasteiger partial charge in [-0.1, -0.05) is 0 Å². The Labute approximate surface area is 85.6 Å². The number of ether oxygens (including phenoxy) is 2. The smallest absolute Gasteiger partial charge is 0.323 e. The third-order valence-electron chi connectivity index (χ3n) is 1.69. The van der Waals surface area contributed by atoms with Crippen LogP contribution in [0.4, 0.5) is 5.95 Å². The molecule has 7 heteroatoms. The third-order valence-corrected chi connectivity index (χ3v) is 1.86. The molecule has 0 radical (unpaired) electrons. The van der Waals surface area contributed by atoms with Crippen molar-refractivity contribution in [2.45, 2.75) is 6.10 Å². The van der Waals surface area contributed by atoms with E-state index < -0.39 is 0 Å². The van der Waals surface area contributed by atoms with Crippen LogP contribution in [0.5, 0.6) is 6.01 Å². The first kappa shape index (κ1) is 9.42. The number of anilines is 1. The standard InChI is InChI=1S/C7H9ClN4O2/c1-9-6-10-5(8)11-7(12-6)14-4-2-13-3-4/h4H,2-3H2,1H3,(H,9,10,11,12). The molecule has 0 unspecified atom stereocenters. The highest BCUT2D eigenvalue weighted by Gasteiger charge is 2.21. The van der Waals surface area contributed by atoms with Crippen LogP contribution in [0.15, 0.2) is 0 Å². The highest BCUT2D eigenvalue weighted by Crippen LogP contribution is 2.14. The summed E-state index contributed by atoms with van der Waals surface area (Å²) in [5.74, 6) is 0.389. The quantitative estimate of drug-likeness (QED) is 0.786. The zero-order valence-corrected chi connectivity index (χ0v) is 8.28. The molecule has 0 atom stereocenters. The first-order chi connectivity index (χ1) is 6.78. The van der Waals surface area contributed by atoms with Gasteiger partial charge in [0.05, 0.1) is 13.2 Å². The van der Waals surface area contributed by atoms with E-state index in [1.807, 2.05) is 0 Å². The van der Waals surface area contributed by atoms with E-state index in [1.165, 1.54) is 0 Å². The first-order valence-corrected chi connectivity index (χ1v) is 4.49. The van der Waals surface area contributed by atoms with Crippen molar-refractivity contribution in [3.05, 3.63) is 5.28 Å². The zero-order valence-electron chi connectivity index (χ0n) is 7.53. The summed E-state index contributed by atoms with van der Waals surface area (Å²) < 4.78 is 10.3. The molecule has 2 rings (SSSR count). The summed E-state index contributed by atoms with van der Waals surface area (Å²) in [6, 6.07) is 0.225. The first-order valence-electron chi connectivity index (χ1n) is 4.11. The molecule has 14 heavy (non-hydrogen) atoms. The summed E-state index contributed by atoms with van der Waals surface area (Å²) in [6.07, 6.45) is 0.0261. The molecular weight excluding hydrogens is 208 g/mol. The molecule has 1 aromatic heterocycles. The lowest BCUT2D eigenvalue weighted by Crippen LogP contribution is -2.39. The lowest BCUT2D eigenvalue weighted by Gasteiger charge is -2.25. The number of hydrogen-bond donors (Lipinski definition) is 1. The van der Waals surface area contributed by atoms with Crippen LogP contribution in [0.2, 0.25) is 5.28 Å². The normalized spacial score (nSPS) is 16.1. The van der Waals surface area contributed by atoms with Crippen molar-refractivity contribution in [1.82, 2.24) is 15.0 Å². The van der Waals surface area contributed by atoms with E-state index in [0.717, 1.165) is 0 Å². The Bertz CT molecular complexity index is 331. The number of hydrogen-bond acceptors (Lipinski definition) is 6. The monoisotopic (exact) mass is 216 g/mol. The molecule has 0 aromatic carbocycles. The predicted octanol–water partition coefficient (Wildman–Crippen LogP) is 0.344. The van der Waals surface area contributed by atoms with Crippen molar-refractivity contribution in [2.75, 3.05) is 25.6 Å². The van der Waals surface area contributed by atoms with Crippen molar-refractivity contribution in [1.29, 1.82) is 0 Å². The second-order valence-electron chi connectivity index (χ2n) is 2.74. The van der Waals surface area contributed by atoms with Crippen LogP contribution in [0.1, 0.15) is 0 Å². The summed E-state index contributed by atoms with van der Waals surface area (Å²) in [6.45, 7) is 1.14. The molecule has 1 fully saturated rings. The minimum Gasteiger partial charge on any atom is -0.455 e. The number of nitrogens with zero attached hydrogens (tertiary/aromatic N) is 3. The van der Waals surface area contributed by atoms with Gasteiger partial charge in [0.1, 0.15) is 6.10 Å². The van der Waals surface area contributed by atoms with Crippen LogP contribution >= 0.6 is 11.6 Å². The van der Waals surface area contributed by atoms with Gasteiger partial charge in [-0.25, -0.2) is 0 Å². The summed E-state index contributed by atoms with van der Waals surface area (Å²) in [4.78, 5) is 11.6. The summed E-state index contributed by atoms with van der Waals surface area (Å²) in [5, 5.41) is 2.87. The van der Waals surface area contributed by atoms with Crippen LogP contribution in [-0.2, 0) is 4.74 Å². The molecule has 6 nitrogen and oxygen atoms in total.